The van der Waals surface area contributed by atoms with Gasteiger partial charge in [-0.2, -0.15) is 13.2 Å². The minimum atomic E-state index is -4.65. The molecule has 0 bridgehead atoms. The zero-order chi connectivity index (χ0) is 30.5. The van der Waals surface area contributed by atoms with Gasteiger partial charge in [-0.1, -0.05) is 60.2 Å². The van der Waals surface area contributed by atoms with Crippen molar-refractivity contribution in [3.63, 3.8) is 0 Å². The molecule has 0 radical (unpaired) electrons. The molecule has 0 spiro atoms. The molecule has 41 heavy (non-hydrogen) atoms. The Kier molecular flexibility index (Phi) is 9.43. The topological polar surface area (TPSA) is 88.4 Å². The van der Waals surface area contributed by atoms with Crippen LogP contribution in [0.3, 0.4) is 0 Å². The lowest BCUT2D eigenvalue weighted by Crippen LogP contribution is -2.30. The molecule has 4 aromatic rings. The van der Waals surface area contributed by atoms with Crippen LogP contribution in [0.2, 0.25) is 0 Å². The van der Waals surface area contributed by atoms with Crippen molar-refractivity contribution in [2.75, 3.05) is 6.54 Å². The SMILES string of the molecule is C/C=C(/c1cccc(C)c1)c1c(C(F)(F)F)c2ccccc2n(C)c1=O.O=C(O)CNC(=O)c1c(F)cccc1F. The van der Waals surface area contributed by atoms with Crippen molar-refractivity contribution in [2.24, 2.45) is 7.05 Å². The molecule has 214 valence electrons. The van der Waals surface area contributed by atoms with Gasteiger partial charge < -0.3 is 15.0 Å². The van der Waals surface area contributed by atoms with E-state index in [0.29, 0.717) is 5.56 Å². The number of nitrogens with zero attached hydrogens (tertiary/aromatic N) is 1. The third-order valence-electron chi connectivity index (χ3n) is 6.06. The molecule has 2 N–H and O–H groups in total. The van der Waals surface area contributed by atoms with E-state index in [9.17, 15) is 36.3 Å². The summed E-state index contributed by atoms with van der Waals surface area (Å²) in [7, 11) is 1.50. The molecule has 4 rings (SSSR count). The molecule has 3 aromatic carbocycles. The lowest BCUT2D eigenvalue weighted by Gasteiger charge is -2.20. The molecule has 1 aromatic heterocycles. The van der Waals surface area contributed by atoms with Crippen LogP contribution >= 0.6 is 0 Å². The average molecular weight is 573 g/mol. The number of fused-ring (bicyclic) bond motifs is 1. The summed E-state index contributed by atoms with van der Waals surface area (Å²) in [5.74, 6) is -4.44. The normalized spacial score (nSPS) is 11.6. The maximum Gasteiger partial charge on any atom is 0.417 e. The Hall–Kier alpha value is -4.80. The molecule has 0 fully saturated rings. The number of hydrogen-bond acceptors (Lipinski definition) is 3. The monoisotopic (exact) mass is 572 g/mol. The van der Waals surface area contributed by atoms with Crippen LogP contribution in [0, 0.1) is 18.6 Å². The summed E-state index contributed by atoms with van der Waals surface area (Å²) >= 11 is 0. The minimum Gasteiger partial charge on any atom is -0.480 e. The molecule has 0 atom stereocenters. The first-order chi connectivity index (χ1) is 19.3. The number of halogens is 5. The fraction of sp³-hybridized carbons (Fsp3) is 0.167. The second-order valence-electron chi connectivity index (χ2n) is 8.87. The predicted octanol–water partition coefficient (Wildman–Crippen LogP) is 6.10. The number of amides is 1. The Morgan fingerprint density at radius 1 is 0.951 bits per heavy atom. The summed E-state index contributed by atoms with van der Waals surface area (Å²) in [6, 6.07) is 16.2. The number of alkyl halides is 3. The van der Waals surface area contributed by atoms with Gasteiger partial charge in [0.2, 0.25) is 0 Å². The molecule has 1 heterocycles. The van der Waals surface area contributed by atoms with E-state index in [1.165, 1.54) is 23.7 Å². The van der Waals surface area contributed by atoms with Crippen molar-refractivity contribution in [1.82, 2.24) is 9.88 Å². The van der Waals surface area contributed by atoms with Crippen LogP contribution in [0.15, 0.2) is 77.6 Å². The second kappa shape index (κ2) is 12.6. The van der Waals surface area contributed by atoms with E-state index < -0.39 is 52.9 Å². The molecule has 6 nitrogen and oxygen atoms in total. The van der Waals surface area contributed by atoms with Gasteiger partial charge in [0.1, 0.15) is 23.7 Å². The Morgan fingerprint density at radius 3 is 2.12 bits per heavy atom. The molecule has 0 aliphatic heterocycles. The molecule has 0 aliphatic rings. The summed E-state index contributed by atoms with van der Waals surface area (Å²) in [4.78, 5) is 34.2. The van der Waals surface area contributed by atoms with Crippen LogP contribution in [0.1, 0.15) is 39.5 Å². The van der Waals surface area contributed by atoms with Gasteiger partial charge in [0.15, 0.2) is 0 Å². The number of rotatable bonds is 5. The number of carboxylic acids is 1. The summed E-state index contributed by atoms with van der Waals surface area (Å²) in [5.41, 5.74) is -0.596. The Balaban J connectivity index is 0.000000263. The number of hydrogen-bond donors (Lipinski definition) is 2. The number of allylic oxidation sites excluding steroid dienone is 1. The van der Waals surface area contributed by atoms with E-state index in [2.05, 4.69) is 0 Å². The number of para-hydroxylation sites is 1. The van der Waals surface area contributed by atoms with E-state index in [1.807, 2.05) is 18.3 Å². The Morgan fingerprint density at radius 2 is 1.56 bits per heavy atom. The van der Waals surface area contributed by atoms with Crippen molar-refractivity contribution in [3.05, 3.63) is 123 Å². The van der Waals surface area contributed by atoms with Crippen LogP contribution < -0.4 is 10.9 Å². The highest BCUT2D eigenvalue weighted by Crippen LogP contribution is 2.39. The quantitative estimate of drug-likeness (QED) is 0.283. The highest BCUT2D eigenvalue weighted by Gasteiger charge is 2.38. The summed E-state index contributed by atoms with van der Waals surface area (Å²) < 4.78 is 69.3. The molecule has 0 saturated carbocycles. The Labute approximate surface area is 231 Å². The number of nitrogens with one attached hydrogen (secondary N) is 1. The first-order valence-electron chi connectivity index (χ1n) is 12.1. The van der Waals surface area contributed by atoms with E-state index in [1.54, 1.807) is 43.3 Å². The van der Waals surface area contributed by atoms with Crippen molar-refractivity contribution in [3.8, 4) is 0 Å². The highest BCUT2D eigenvalue weighted by molar-refractivity contribution is 5.96. The zero-order valence-corrected chi connectivity index (χ0v) is 22.1. The Bertz CT molecular complexity index is 1690. The van der Waals surface area contributed by atoms with Crippen LogP contribution in [-0.4, -0.2) is 28.1 Å². The number of aromatic nitrogens is 1. The lowest BCUT2D eigenvalue weighted by atomic mass is 9.91. The van der Waals surface area contributed by atoms with Gasteiger partial charge in [0.05, 0.1) is 16.6 Å². The van der Waals surface area contributed by atoms with Gasteiger partial charge in [-0.05, 0) is 43.2 Å². The molecule has 0 aliphatic carbocycles. The van der Waals surface area contributed by atoms with Gasteiger partial charge in [0.25, 0.3) is 11.5 Å². The number of pyridine rings is 1. The number of aliphatic carboxylic acids is 1. The predicted molar refractivity (Wildman–Crippen MR) is 144 cm³/mol. The third kappa shape index (κ3) is 6.86. The van der Waals surface area contributed by atoms with Crippen molar-refractivity contribution in [1.29, 1.82) is 0 Å². The molecule has 1 amide bonds. The first-order valence-corrected chi connectivity index (χ1v) is 12.1. The van der Waals surface area contributed by atoms with Crippen molar-refractivity contribution in [2.45, 2.75) is 20.0 Å². The van der Waals surface area contributed by atoms with Crippen molar-refractivity contribution >= 4 is 28.4 Å². The summed E-state index contributed by atoms with van der Waals surface area (Å²) in [6.07, 6.45) is -3.09. The maximum absolute atomic E-state index is 14.0. The highest BCUT2D eigenvalue weighted by atomic mass is 19.4. The third-order valence-corrected chi connectivity index (χ3v) is 6.06. The van der Waals surface area contributed by atoms with Crippen LogP contribution in [-0.2, 0) is 18.0 Å². The lowest BCUT2D eigenvalue weighted by molar-refractivity contribution is -0.137. The van der Waals surface area contributed by atoms with Gasteiger partial charge >= 0.3 is 12.1 Å². The zero-order valence-electron chi connectivity index (χ0n) is 22.1. The van der Waals surface area contributed by atoms with Crippen LogP contribution in [0.5, 0.6) is 0 Å². The molecule has 0 unspecified atom stereocenters. The fourth-order valence-electron chi connectivity index (χ4n) is 4.27. The first kappa shape index (κ1) is 30.7. The van der Waals surface area contributed by atoms with Gasteiger partial charge in [-0.3, -0.25) is 14.4 Å². The number of carbonyl (C=O) groups is 2. The van der Waals surface area contributed by atoms with E-state index >= 15 is 0 Å². The maximum atomic E-state index is 14.0. The molecular formula is C30H25F5N2O4. The van der Waals surface area contributed by atoms with Crippen LogP contribution in [0.25, 0.3) is 16.5 Å². The average Bonchev–Trinajstić information content (AvgIpc) is 2.90. The van der Waals surface area contributed by atoms with Gasteiger partial charge in [0, 0.05) is 12.4 Å². The van der Waals surface area contributed by atoms with E-state index in [4.69, 9.17) is 5.11 Å². The summed E-state index contributed by atoms with van der Waals surface area (Å²) in [5, 5.41) is 10.1. The fourth-order valence-corrected chi connectivity index (χ4v) is 4.27. The second-order valence-corrected chi connectivity index (χ2v) is 8.87. The largest absolute Gasteiger partial charge is 0.480 e. The molecular weight excluding hydrogens is 547 g/mol. The van der Waals surface area contributed by atoms with Crippen LogP contribution in [0.4, 0.5) is 22.0 Å². The summed E-state index contributed by atoms with van der Waals surface area (Å²) in [6.45, 7) is 2.82. The van der Waals surface area contributed by atoms with Gasteiger partial charge in [-0.25, -0.2) is 8.78 Å². The number of carbonyl (C=O) groups excluding carboxylic acids is 1. The van der Waals surface area contributed by atoms with E-state index in [-0.39, 0.29) is 22.0 Å². The number of benzene rings is 3. The van der Waals surface area contributed by atoms with Gasteiger partial charge in [-0.15, -0.1) is 0 Å². The molecule has 0 saturated heterocycles. The molecule has 11 heteroatoms. The smallest absolute Gasteiger partial charge is 0.417 e. The van der Waals surface area contributed by atoms with Crippen molar-refractivity contribution < 1.29 is 36.6 Å². The minimum absolute atomic E-state index is 0.0177. The van der Waals surface area contributed by atoms with E-state index in [0.717, 1.165) is 23.8 Å². The number of aryl methyl sites for hydroxylation is 2. The number of carboxylic acid groups (broad SMARTS) is 1. The standard InChI is InChI=1S/C21H18F3NO.C9H7F2NO3/c1-4-15(14-9-7-8-13(2)12-14)18-19(21(22,23)24)16-10-5-6-11-17(16)25(3)20(18)26;10-5-2-1-3-6(11)8(5)9(15)12-4-7(13)14/h4-12H,1-3H3;1-3H,4H2,(H,12,15)(H,13,14)/b15-4-;.